The minimum atomic E-state index is -0.659. The van der Waals surface area contributed by atoms with Gasteiger partial charge in [0.25, 0.3) is 0 Å². The predicted molar refractivity (Wildman–Crippen MR) is 89.2 cm³/mol. The van der Waals surface area contributed by atoms with E-state index in [9.17, 15) is 14.7 Å². The second-order valence-electron chi connectivity index (χ2n) is 7.42. The quantitative estimate of drug-likeness (QED) is 0.618. The summed E-state index contributed by atoms with van der Waals surface area (Å²) >= 11 is 0. The molecule has 0 aromatic carbocycles. The van der Waals surface area contributed by atoms with Crippen LogP contribution in [0.4, 0.5) is 0 Å². The van der Waals surface area contributed by atoms with E-state index in [1.807, 2.05) is 0 Å². The van der Waals surface area contributed by atoms with E-state index in [0.29, 0.717) is 37.5 Å². The first-order valence-corrected chi connectivity index (χ1v) is 9.10. The molecule has 0 aromatic heterocycles. The predicted octanol–water partition coefficient (Wildman–Crippen LogP) is 1.51. The summed E-state index contributed by atoms with van der Waals surface area (Å²) in [6.45, 7) is 7.29. The van der Waals surface area contributed by atoms with Crippen molar-refractivity contribution >= 4 is 11.9 Å². The smallest absolute Gasteiger partial charge is 0.323 e. The minimum absolute atomic E-state index is 0.00386. The molecule has 2 aliphatic carbocycles. The zero-order valence-corrected chi connectivity index (χ0v) is 15.0. The first kappa shape index (κ1) is 19.2. The summed E-state index contributed by atoms with van der Waals surface area (Å²) in [5.41, 5.74) is 0.107. The fourth-order valence-corrected chi connectivity index (χ4v) is 4.46. The van der Waals surface area contributed by atoms with Crippen LogP contribution >= 0.6 is 0 Å². The van der Waals surface area contributed by atoms with Gasteiger partial charge < -0.3 is 19.9 Å². The topological polar surface area (TPSA) is 84.9 Å². The van der Waals surface area contributed by atoms with Crippen LogP contribution in [0.25, 0.3) is 0 Å². The SMILES string of the molecule is CCOC(=O)CC(NCC1(C)CC2CC1CC2CO)C(=O)OCC. The van der Waals surface area contributed by atoms with Crippen molar-refractivity contribution in [2.24, 2.45) is 23.2 Å². The van der Waals surface area contributed by atoms with Gasteiger partial charge in [0.1, 0.15) is 6.04 Å². The number of aliphatic hydroxyl groups is 1. The molecule has 0 aromatic rings. The maximum atomic E-state index is 12.1. The van der Waals surface area contributed by atoms with Crippen molar-refractivity contribution < 1.29 is 24.2 Å². The van der Waals surface area contributed by atoms with E-state index in [0.717, 1.165) is 19.3 Å². The lowest BCUT2D eigenvalue weighted by molar-refractivity contribution is -0.152. The number of esters is 2. The highest BCUT2D eigenvalue weighted by molar-refractivity contribution is 5.82. The third-order valence-electron chi connectivity index (χ3n) is 5.79. The van der Waals surface area contributed by atoms with Gasteiger partial charge >= 0.3 is 11.9 Å². The van der Waals surface area contributed by atoms with Crippen molar-refractivity contribution in [1.82, 2.24) is 5.32 Å². The van der Waals surface area contributed by atoms with Crippen molar-refractivity contribution in [3.05, 3.63) is 0 Å². The lowest BCUT2D eigenvalue weighted by Gasteiger charge is -2.37. The van der Waals surface area contributed by atoms with Crippen LogP contribution in [0.1, 0.15) is 46.5 Å². The Morgan fingerprint density at radius 3 is 2.50 bits per heavy atom. The number of hydrogen-bond acceptors (Lipinski definition) is 6. The van der Waals surface area contributed by atoms with Gasteiger partial charge in [-0.3, -0.25) is 9.59 Å². The first-order chi connectivity index (χ1) is 11.4. The molecule has 0 heterocycles. The van der Waals surface area contributed by atoms with Gasteiger partial charge in [0.05, 0.1) is 19.6 Å². The Balaban J connectivity index is 1.92. The lowest BCUT2D eigenvalue weighted by Crippen LogP contribution is -2.47. The fourth-order valence-electron chi connectivity index (χ4n) is 4.46. The molecule has 2 bridgehead atoms. The number of carbonyl (C=O) groups excluding carboxylic acids is 2. The molecule has 2 aliphatic rings. The largest absolute Gasteiger partial charge is 0.466 e. The zero-order valence-electron chi connectivity index (χ0n) is 15.0. The molecule has 0 spiro atoms. The van der Waals surface area contributed by atoms with E-state index in [1.54, 1.807) is 13.8 Å². The number of aliphatic hydroxyl groups excluding tert-OH is 1. The molecule has 0 amide bonds. The van der Waals surface area contributed by atoms with E-state index in [-0.39, 0.29) is 24.4 Å². The van der Waals surface area contributed by atoms with Gasteiger partial charge in [-0.05, 0) is 56.3 Å². The molecule has 2 fully saturated rings. The van der Waals surface area contributed by atoms with Crippen molar-refractivity contribution in [2.75, 3.05) is 26.4 Å². The van der Waals surface area contributed by atoms with E-state index in [4.69, 9.17) is 9.47 Å². The third-order valence-corrected chi connectivity index (χ3v) is 5.79. The summed E-state index contributed by atoms with van der Waals surface area (Å²) in [4.78, 5) is 23.9. The van der Waals surface area contributed by atoms with Gasteiger partial charge in [0.2, 0.25) is 0 Å². The van der Waals surface area contributed by atoms with Gasteiger partial charge in [-0.15, -0.1) is 0 Å². The van der Waals surface area contributed by atoms with Crippen LogP contribution in [0.15, 0.2) is 0 Å². The molecule has 2 rings (SSSR count). The molecule has 2 N–H and O–H groups in total. The molecule has 5 unspecified atom stereocenters. The van der Waals surface area contributed by atoms with Crippen LogP contribution in [-0.4, -0.2) is 49.5 Å². The first-order valence-electron chi connectivity index (χ1n) is 9.10. The van der Waals surface area contributed by atoms with Crippen molar-refractivity contribution in [2.45, 2.75) is 52.5 Å². The zero-order chi connectivity index (χ0) is 17.7. The standard InChI is InChI=1S/C18H31NO5/c1-4-23-16(21)8-15(17(22)24-5-2)19-11-18(3)9-12-6-14(18)7-13(12)10-20/h12-15,19-20H,4-11H2,1-3H3. The molecular weight excluding hydrogens is 310 g/mol. The van der Waals surface area contributed by atoms with Crippen LogP contribution < -0.4 is 5.32 Å². The Kier molecular flexibility index (Phi) is 6.63. The minimum Gasteiger partial charge on any atom is -0.466 e. The van der Waals surface area contributed by atoms with Gasteiger partial charge in [0.15, 0.2) is 0 Å². The molecule has 24 heavy (non-hydrogen) atoms. The summed E-state index contributed by atoms with van der Waals surface area (Å²) in [6, 6.07) is -0.659. The average molecular weight is 341 g/mol. The highest BCUT2D eigenvalue weighted by Gasteiger charge is 2.52. The van der Waals surface area contributed by atoms with Crippen LogP contribution in [0, 0.1) is 23.2 Å². The fraction of sp³-hybridized carbons (Fsp3) is 0.889. The monoisotopic (exact) mass is 341 g/mol. The Morgan fingerprint density at radius 2 is 1.96 bits per heavy atom. The van der Waals surface area contributed by atoms with E-state index in [2.05, 4.69) is 12.2 Å². The summed E-state index contributed by atoms with van der Waals surface area (Å²) in [5, 5.41) is 12.7. The number of ether oxygens (including phenoxy) is 2. The third kappa shape index (κ3) is 4.28. The number of hydrogen-bond donors (Lipinski definition) is 2. The van der Waals surface area contributed by atoms with Gasteiger partial charge in [0, 0.05) is 13.2 Å². The normalized spacial score (nSPS) is 32.6. The maximum Gasteiger partial charge on any atom is 0.323 e. The second kappa shape index (κ2) is 8.30. The molecule has 6 nitrogen and oxygen atoms in total. The summed E-state index contributed by atoms with van der Waals surface area (Å²) < 4.78 is 10.0. The molecule has 0 radical (unpaired) electrons. The second-order valence-corrected chi connectivity index (χ2v) is 7.42. The van der Waals surface area contributed by atoms with Crippen molar-refractivity contribution in [3.63, 3.8) is 0 Å². The Bertz CT molecular complexity index is 455. The molecule has 2 saturated carbocycles. The Morgan fingerprint density at radius 1 is 1.25 bits per heavy atom. The van der Waals surface area contributed by atoms with Gasteiger partial charge in [-0.1, -0.05) is 6.92 Å². The highest BCUT2D eigenvalue weighted by atomic mass is 16.5. The molecule has 0 saturated heterocycles. The number of carbonyl (C=O) groups is 2. The molecule has 5 atom stereocenters. The Labute approximate surface area is 144 Å². The van der Waals surface area contributed by atoms with Gasteiger partial charge in [-0.2, -0.15) is 0 Å². The van der Waals surface area contributed by atoms with E-state index >= 15 is 0 Å². The van der Waals surface area contributed by atoms with Crippen LogP contribution in [0.2, 0.25) is 0 Å². The van der Waals surface area contributed by atoms with Crippen molar-refractivity contribution in [3.8, 4) is 0 Å². The average Bonchev–Trinajstić information content (AvgIpc) is 3.08. The van der Waals surface area contributed by atoms with Crippen molar-refractivity contribution in [1.29, 1.82) is 0 Å². The molecule has 0 aliphatic heterocycles. The molecular formula is C18H31NO5. The van der Waals surface area contributed by atoms with E-state index < -0.39 is 12.0 Å². The summed E-state index contributed by atoms with van der Waals surface area (Å²) in [6.07, 6.45) is 3.27. The number of rotatable bonds is 9. The summed E-state index contributed by atoms with van der Waals surface area (Å²) in [7, 11) is 0. The lowest BCUT2D eigenvalue weighted by atomic mass is 9.71. The summed E-state index contributed by atoms with van der Waals surface area (Å²) in [5.74, 6) is 0.797. The van der Waals surface area contributed by atoms with E-state index in [1.165, 1.54) is 0 Å². The number of nitrogens with one attached hydrogen (secondary N) is 1. The number of fused-ring (bicyclic) bond motifs is 2. The maximum absolute atomic E-state index is 12.1. The highest BCUT2D eigenvalue weighted by Crippen LogP contribution is 2.57. The van der Waals surface area contributed by atoms with Gasteiger partial charge in [-0.25, -0.2) is 0 Å². The Hall–Kier alpha value is -1.14. The molecule has 6 heteroatoms. The van der Waals surface area contributed by atoms with Crippen LogP contribution in [-0.2, 0) is 19.1 Å². The van der Waals surface area contributed by atoms with Crippen LogP contribution in [0.3, 0.4) is 0 Å². The van der Waals surface area contributed by atoms with Crippen LogP contribution in [0.5, 0.6) is 0 Å². The molecule has 138 valence electrons.